The molecular formula is C29H30ClN3O6. The van der Waals surface area contributed by atoms with Crippen LogP contribution in [0.2, 0.25) is 5.02 Å². The Bertz CT molecular complexity index is 1420. The molecule has 0 saturated heterocycles. The van der Waals surface area contributed by atoms with E-state index in [-0.39, 0.29) is 24.9 Å². The molecule has 0 spiro atoms. The predicted molar refractivity (Wildman–Crippen MR) is 148 cm³/mol. The van der Waals surface area contributed by atoms with Crippen LogP contribution in [0.15, 0.2) is 59.5 Å². The van der Waals surface area contributed by atoms with Gasteiger partial charge in [0.1, 0.15) is 11.8 Å². The third kappa shape index (κ3) is 7.05. The highest BCUT2D eigenvalue weighted by atomic mass is 35.5. The van der Waals surface area contributed by atoms with Gasteiger partial charge in [0.2, 0.25) is 5.91 Å². The van der Waals surface area contributed by atoms with Gasteiger partial charge in [0.15, 0.2) is 0 Å². The fraction of sp³-hybridized carbons (Fsp3) is 0.310. The number of nitrogens with one attached hydrogen (secondary N) is 1. The maximum Gasteiger partial charge on any atom is 0.338 e. The molecule has 0 fully saturated rings. The molecule has 3 rings (SSSR count). The van der Waals surface area contributed by atoms with Crippen molar-refractivity contribution in [2.75, 3.05) is 26.1 Å². The Morgan fingerprint density at radius 2 is 1.79 bits per heavy atom. The lowest BCUT2D eigenvalue weighted by molar-refractivity contribution is -0.120. The molecule has 1 amide bonds. The number of hydrogen-bond donors (Lipinski definition) is 1. The Hall–Kier alpha value is -4.13. The van der Waals surface area contributed by atoms with Crippen molar-refractivity contribution in [2.24, 2.45) is 0 Å². The summed E-state index contributed by atoms with van der Waals surface area (Å²) in [5, 5.41) is 12.8. The summed E-state index contributed by atoms with van der Waals surface area (Å²) in [6, 6.07) is 13.5. The summed E-state index contributed by atoms with van der Waals surface area (Å²) in [7, 11) is 2.99. The summed E-state index contributed by atoms with van der Waals surface area (Å²) in [5.41, 5.74) is 1.46. The number of carbonyl (C=O) groups is 2. The molecule has 1 heterocycles. The van der Waals surface area contributed by atoms with Gasteiger partial charge in [-0.05, 0) is 55.8 Å². The highest BCUT2D eigenvalue weighted by Gasteiger charge is 2.27. The van der Waals surface area contributed by atoms with Gasteiger partial charge in [0.05, 0.1) is 43.2 Å². The standard InChI is InChI=1S/C29H30ClN3O6/c1-5-22(37-3)14-25(28(35)32-21-11-8-18(9-12-21)29(36)39-6-2)33-17-26(38-4)24(15-27(33)34)23-13-20(30)10-7-19(23)16-31/h7-13,15,17,22,25H,5-6,14H2,1-4H3,(H,32,35). The number of rotatable bonds is 11. The van der Waals surface area contributed by atoms with Crippen LogP contribution in [-0.2, 0) is 14.3 Å². The molecule has 9 nitrogen and oxygen atoms in total. The lowest BCUT2D eigenvalue weighted by Gasteiger charge is -2.24. The maximum atomic E-state index is 13.5. The summed E-state index contributed by atoms with van der Waals surface area (Å²) in [6.07, 6.45) is 1.98. The zero-order valence-corrected chi connectivity index (χ0v) is 22.9. The van der Waals surface area contributed by atoms with Crippen molar-refractivity contribution in [1.82, 2.24) is 4.57 Å². The van der Waals surface area contributed by atoms with Crippen LogP contribution in [-0.4, -0.2) is 43.4 Å². The van der Waals surface area contributed by atoms with Crippen molar-refractivity contribution in [3.63, 3.8) is 0 Å². The molecule has 0 aliphatic carbocycles. The van der Waals surface area contributed by atoms with Crippen molar-refractivity contribution in [3.05, 3.63) is 81.2 Å². The summed E-state index contributed by atoms with van der Waals surface area (Å²) in [6.45, 7) is 3.90. The minimum atomic E-state index is -0.954. The monoisotopic (exact) mass is 551 g/mol. The van der Waals surface area contributed by atoms with E-state index in [0.717, 1.165) is 0 Å². The lowest BCUT2D eigenvalue weighted by atomic mass is 9.99. The lowest BCUT2D eigenvalue weighted by Crippen LogP contribution is -2.35. The average Bonchev–Trinajstić information content (AvgIpc) is 2.94. The number of pyridine rings is 1. The Morgan fingerprint density at radius 3 is 2.38 bits per heavy atom. The second-order valence-electron chi connectivity index (χ2n) is 8.61. The van der Waals surface area contributed by atoms with Crippen molar-refractivity contribution in [3.8, 4) is 22.9 Å². The Kier molecular flexibility index (Phi) is 10.3. The van der Waals surface area contributed by atoms with Crippen molar-refractivity contribution in [2.45, 2.75) is 38.8 Å². The van der Waals surface area contributed by atoms with Crippen LogP contribution in [0.1, 0.15) is 48.7 Å². The molecule has 1 N–H and O–H groups in total. The molecule has 10 heteroatoms. The van der Waals surface area contributed by atoms with Gasteiger partial charge in [-0.15, -0.1) is 0 Å². The van der Waals surface area contributed by atoms with Gasteiger partial charge in [0.25, 0.3) is 5.56 Å². The number of benzene rings is 2. The minimum absolute atomic E-state index is 0.211. The van der Waals surface area contributed by atoms with E-state index in [1.807, 2.05) is 6.92 Å². The number of ether oxygens (including phenoxy) is 3. The van der Waals surface area contributed by atoms with E-state index in [9.17, 15) is 19.6 Å². The van der Waals surface area contributed by atoms with E-state index in [4.69, 9.17) is 25.8 Å². The van der Waals surface area contributed by atoms with Crippen molar-refractivity contribution in [1.29, 1.82) is 5.26 Å². The normalized spacial score (nSPS) is 12.2. The number of anilines is 1. The van der Waals surface area contributed by atoms with Crippen LogP contribution in [0.25, 0.3) is 11.1 Å². The summed E-state index contributed by atoms with van der Waals surface area (Å²) < 4.78 is 17.4. The van der Waals surface area contributed by atoms with E-state index in [1.54, 1.807) is 56.5 Å². The van der Waals surface area contributed by atoms with E-state index in [1.165, 1.54) is 23.9 Å². The van der Waals surface area contributed by atoms with Crippen LogP contribution < -0.4 is 15.6 Å². The van der Waals surface area contributed by atoms with Gasteiger partial charge >= 0.3 is 5.97 Å². The number of amides is 1. The first-order valence-electron chi connectivity index (χ1n) is 12.4. The number of nitrogens with zero attached hydrogens (tertiary/aromatic N) is 2. The van der Waals surface area contributed by atoms with E-state index in [0.29, 0.717) is 39.4 Å². The summed E-state index contributed by atoms with van der Waals surface area (Å²) in [4.78, 5) is 38.9. The average molecular weight is 552 g/mol. The van der Waals surface area contributed by atoms with Gasteiger partial charge in [-0.2, -0.15) is 5.26 Å². The number of esters is 1. The molecule has 0 aliphatic heterocycles. The third-order valence-electron chi connectivity index (χ3n) is 6.23. The fourth-order valence-electron chi connectivity index (χ4n) is 4.14. The van der Waals surface area contributed by atoms with Crippen LogP contribution in [0.4, 0.5) is 5.69 Å². The number of hydrogen-bond acceptors (Lipinski definition) is 7. The fourth-order valence-corrected chi connectivity index (χ4v) is 4.31. The quantitative estimate of drug-likeness (QED) is 0.324. The van der Waals surface area contributed by atoms with Crippen LogP contribution in [0, 0.1) is 11.3 Å². The number of carbonyl (C=O) groups excluding carboxylic acids is 2. The summed E-state index contributed by atoms with van der Waals surface area (Å²) >= 11 is 6.17. The number of aromatic nitrogens is 1. The minimum Gasteiger partial charge on any atom is -0.495 e. The highest BCUT2D eigenvalue weighted by Crippen LogP contribution is 2.34. The van der Waals surface area contributed by atoms with Crippen molar-refractivity contribution < 1.29 is 23.8 Å². The largest absolute Gasteiger partial charge is 0.495 e. The molecular weight excluding hydrogens is 522 g/mol. The molecule has 3 aromatic rings. The van der Waals surface area contributed by atoms with Crippen LogP contribution in [0.5, 0.6) is 5.75 Å². The van der Waals surface area contributed by atoms with Crippen LogP contribution >= 0.6 is 11.6 Å². The zero-order valence-electron chi connectivity index (χ0n) is 22.2. The molecule has 2 atom stereocenters. The predicted octanol–water partition coefficient (Wildman–Crippen LogP) is 5.22. The topological polar surface area (TPSA) is 120 Å². The van der Waals surface area contributed by atoms with Crippen LogP contribution in [0.3, 0.4) is 0 Å². The first-order chi connectivity index (χ1) is 18.8. The molecule has 39 heavy (non-hydrogen) atoms. The second kappa shape index (κ2) is 13.6. The third-order valence-corrected chi connectivity index (χ3v) is 6.47. The number of nitriles is 1. The van der Waals surface area contributed by atoms with E-state index < -0.39 is 23.5 Å². The highest BCUT2D eigenvalue weighted by molar-refractivity contribution is 6.31. The first-order valence-corrected chi connectivity index (χ1v) is 12.7. The molecule has 204 valence electrons. The van der Waals surface area contributed by atoms with Gasteiger partial charge in [-0.1, -0.05) is 18.5 Å². The smallest absolute Gasteiger partial charge is 0.338 e. The molecule has 0 bridgehead atoms. The summed E-state index contributed by atoms with van der Waals surface area (Å²) in [5.74, 6) is -0.626. The van der Waals surface area contributed by atoms with Gasteiger partial charge < -0.3 is 19.5 Å². The number of methoxy groups -OCH3 is 2. The maximum absolute atomic E-state index is 13.5. The SMILES string of the molecule is CCOC(=O)c1ccc(NC(=O)C(CC(CC)OC)n2cc(OC)c(-c3cc(Cl)ccc3C#N)cc2=O)cc1. The van der Waals surface area contributed by atoms with Crippen molar-refractivity contribution >= 4 is 29.2 Å². The zero-order chi connectivity index (χ0) is 28.5. The number of halogens is 1. The molecule has 0 saturated carbocycles. The molecule has 0 radical (unpaired) electrons. The Labute approximate surface area is 231 Å². The molecule has 2 unspecified atom stereocenters. The Morgan fingerprint density at radius 1 is 1.08 bits per heavy atom. The molecule has 2 aromatic carbocycles. The van der Waals surface area contributed by atoms with Gasteiger partial charge in [-0.3, -0.25) is 14.2 Å². The second-order valence-corrected chi connectivity index (χ2v) is 9.04. The van der Waals surface area contributed by atoms with Gasteiger partial charge in [-0.25, -0.2) is 4.79 Å². The van der Waals surface area contributed by atoms with Gasteiger partial charge in [0, 0.05) is 41.4 Å². The van der Waals surface area contributed by atoms with E-state index in [2.05, 4.69) is 11.4 Å². The molecule has 1 aromatic heterocycles. The molecule has 0 aliphatic rings. The first kappa shape index (κ1) is 29.4. The Balaban J connectivity index is 2.03. The van der Waals surface area contributed by atoms with E-state index >= 15 is 0 Å².